The van der Waals surface area contributed by atoms with Crippen LogP contribution in [0.15, 0.2) is 35.1 Å². The Balaban J connectivity index is 2.25. The van der Waals surface area contributed by atoms with E-state index in [-0.39, 0.29) is 11.2 Å². The molecule has 9 heteroatoms. The van der Waals surface area contributed by atoms with Gasteiger partial charge in [0.25, 0.3) is 11.5 Å². The summed E-state index contributed by atoms with van der Waals surface area (Å²) in [5.41, 5.74) is 3.72. The molecule has 0 saturated carbocycles. The number of rotatable bonds is 6. The summed E-state index contributed by atoms with van der Waals surface area (Å²) < 4.78 is 45.2. The highest BCUT2D eigenvalue weighted by Crippen LogP contribution is 2.28. The standard InChI is InChI=1S/C18H19F3N2O4/c1-10-3-5-14(11(2)7-10)27-9-12(24)8-23-15(18(19,20)21)6-4-13(16(22)25)17(23)26/h3-7,12,24H,8-9H2,1-2H3,(H2,22,25). The predicted molar refractivity (Wildman–Crippen MR) is 91.6 cm³/mol. The summed E-state index contributed by atoms with van der Waals surface area (Å²) in [6.07, 6.45) is -6.27. The Morgan fingerprint density at radius 1 is 1.26 bits per heavy atom. The molecule has 0 bridgehead atoms. The number of hydrogen-bond donors (Lipinski definition) is 2. The molecule has 0 aliphatic heterocycles. The van der Waals surface area contributed by atoms with Crippen LogP contribution in [0.5, 0.6) is 5.75 Å². The summed E-state index contributed by atoms with van der Waals surface area (Å²) in [6.45, 7) is 2.63. The highest BCUT2D eigenvalue weighted by atomic mass is 19.4. The summed E-state index contributed by atoms with van der Waals surface area (Å²) >= 11 is 0. The van der Waals surface area contributed by atoms with Crippen molar-refractivity contribution >= 4 is 5.91 Å². The van der Waals surface area contributed by atoms with E-state index >= 15 is 0 Å². The summed E-state index contributed by atoms with van der Waals surface area (Å²) in [5, 5.41) is 10.1. The molecular formula is C18H19F3N2O4. The first-order valence-corrected chi connectivity index (χ1v) is 7.99. The molecule has 0 radical (unpaired) electrons. The first-order valence-electron chi connectivity index (χ1n) is 7.99. The Morgan fingerprint density at radius 3 is 2.48 bits per heavy atom. The highest BCUT2D eigenvalue weighted by molar-refractivity contribution is 5.92. The number of carbonyl (C=O) groups excluding carboxylic acids is 1. The molecule has 1 aromatic heterocycles. The van der Waals surface area contributed by atoms with Crippen molar-refractivity contribution in [1.29, 1.82) is 0 Å². The van der Waals surface area contributed by atoms with E-state index in [2.05, 4.69) is 0 Å². The molecule has 1 amide bonds. The van der Waals surface area contributed by atoms with Crippen LogP contribution in [0.25, 0.3) is 0 Å². The fourth-order valence-electron chi connectivity index (χ4n) is 2.61. The van der Waals surface area contributed by atoms with Crippen molar-refractivity contribution in [2.75, 3.05) is 6.61 Å². The zero-order valence-corrected chi connectivity index (χ0v) is 14.7. The quantitative estimate of drug-likeness (QED) is 0.797. The van der Waals surface area contributed by atoms with Gasteiger partial charge in [-0.25, -0.2) is 0 Å². The minimum atomic E-state index is -4.84. The van der Waals surface area contributed by atoms with Crippen molar-refractivity contribution in [2.24, 2.45) is 5.73 Å². The van der Waals surface area contributed by atoms with E-state index in [9.17, 15) is 27.9 Å². The molecule has 0 saturated heterocycles. The summed E-state index contributed by atoms with van der Waals surface area (Å²) in [4.78, 5) is 23.4. The third kappa shape index (κ3) is 4.88. The molecule has 1 heterocycles. The van der Waals surface area contributed by atoms with Gasteiger partial charge in [-0.3, -0.25) is 9.59 Å². The fourth-order valence-corrected chi connectivity index (χ4v) is 2.61. The third-order valence-electron chi connectivity index (χ3n) is 3.89. The van der Waals surface area contributed by atoms with Gasteiger partial charge in [0.2, 0.25) is 0 Å². The first kappa shape index (κ1) is 20.5. The predicted octanol–water partition coefficient (Wildman–Crippen LogP) is 2.02. The maximum atomic E-state index is 13.2. The molecule has 1 unspecified atom stereocenters. The lowest BCUT2D eigenvalue weighted by Crippen LogP contribution is -2.37. The van der Waals surface area contributed by atoms with E-state index in [1.54, 1.807) is 19.1 Å². The van der Waals surface area contributed by atoms with Gasteiger partial charge in [0.15, 0.2) is 0 Å². The summed E-state index contributed by atoms with van der Waals surface area (Å²) in [7, 11) is 0. The second-order valence-corrected chi connectivity index (χ2v) is 6.14. The number of carbonyl (C=O) groups is 1. The van der Waals surface area contributed by atoms with Crippen LogP contribution in [-0.4, -0.2) is 28.3 Å². The molecule has 2 aromatic rings. The monoisotopic (exact) mass is 384 g/mol. The zero-order valence-electron chi connectivity index (χ0n) is 14.7. The highest BCUT2D eigenvalue weighted by Gasteiger charge is 2.35. The van der Waals surface area contributed by atoms with Gasteiger partial charge in [0.05, 0.1) is 6.54 Å². The van der Waals surface area contributed by atoms with Gasteiger partial charge in [-0.15, -0.1) is 0 Å². The van der Waals surface area contributed by atoms with Gasteiger partial charge < -0.3 is 20.1 Å². The Kier molecular flexibility index (Phi) is 5.94. The van der Waals surface area contributed by atoms with Crippen molar-refractivity contribution in [1.82, 2.24) is 4.57 Å². The number of nitrogens with zero attached hydrogens (tertiary/aromatic N) is 1. The molecule has 0 aliphatic carbocycles. The van der Waals surface area contributed by atoms with Crippen LogP contribution in [0.2, 0.25) is 0 Å². The number of aryl methyl sites for hydroxylation is 2. The first-order chi connectivity index (χ1) is 12.5. The molecule has 3 N–H and O–H groups in total. The van der Waals surface area contributed by atoms with Crippen molar-refractivity contribution in [3.8, 4) is 5.75 Å². The average Bonchev–Trinajstić information content (AvgIpc) is 2.54. The largest absolute Gasteiger partial charge is 0.491 e. The lowest BCUT2D eigenvalue weighted by molar-refractivity contribution is -0.144. The number of aromatic nitrogens is 1. The molecule has 6 nitrogen and oxygen atoms in total. The number of primary amides is 1. The normalized spacial score (nSPS) is 12.7. The molecule has 27 heavy (non-hydrogen) atoms. The molecule has 146 valence electrons. The van der Waals surface area contributed by atoms with Crippen molar-refractivity contribution < 1.29 is 27.8 Å². The van der Waals surface area contributed by atoms with Crippen molar-refractivity contribution in [2.45, 2.75) is 32.7 Å². The Bertz CT molecular complexity index is 906. The molecule has 2 rings (SSSR count). The fraction of sp³-hybridized carbons (Fsp3) is 0.333. The smallest absolute Gasteiger partial charge is 0.431 e. The van der Waals surface area contributed by atoms with E-state index in [4.69, 9.17) is 10.5 Å². The lowest BCUT2D eigenvalue weighted by Gasteiger charge is -2.19. The number of nitrogens with two attached hydrogens (primary N) is 1. The Hall–Kier alpha value is -2.81. The number of aliphatic hydroxyl groups is 1. The second kappa shape index (κ2) is 7.83. The van der Waals surface area contributed by atoms with Gasteiger partial charge in [-0.1, -0.05) is 17.7 Å². The Labute approximate surface area is 153 Å². The number of alkyl halides is 3. The number of aliphatic hydroxyl groups excluding tert-OH is 1. The number of hydrogen-bond acceptors (Lipinski definition) is 4. The number of ether oxygens (including phenoxy) is 1. The molecule has 0 fully saturated rings. The second-order valence-electron chi connectivity index (χ2n) is 6.14. The minimum absolute atomic E-state index is 0.288. The van der Waals surface area contributed by atoms with E-state index in [1.165, 1.54) is 0 Å². The van der Waals surface area contributed by atoms with Crippen LogP contribution in [-0.2, 0) is 12.7 Å². The molecule has 0 spiro atoms. The van der Waals surface area contributed by atoms with Crippen LogP contribution >= 0.6 is 0 Å². The average molecular weight is 384 g/mol. The lowest BCUT2D eigenvalue weighted by atomic mass is 10.1. The molecule has 1 aromatic carbocycles. The van der Waals surface area contributed by atoms with Gasteiger partial charge in [-0.2, -0.15) is 13.2 Å². The van der Waals surface area contributed by atoms with Crippen molar-refractivity contribution in [3.63, 3.8) is 0 Å². The maximum Gasteiger partial charge on any atom is 0.431 e. The van der Waals surface area contributed by atoms with Crippen LogP contribution in [0, 0.1) is 13.8 Å². The molecule has 0 aliphatic rings. The minimum Gasteiger partial charge on any atom is -0.491 e. The van der Waals surface area contributed by atoms with Gasteiger partial charge in [0, 0.05) is 0 Å². The van der Waals surface area contributed by atoms with Gasteiger partial charge >= 0.3 is 6.18 Å². The number of pyridine rings is 1. The van der Waals surface area contributed by atoms with E-state index in [0.29, 0.717) is 11.8 Å². The van der Waals surface area contributed by atoms with Gasteiger partial charge in [0.1, 0.15) is 29.7 Å². The zero-order chi connectivity index (χ0) is 20.4. The van der Waals surface area contributed by atoms with Crippen LogP contribution < -0.4 is 16.0 Å². The molecule has 1 atom stereocenters. The van der Waals surface area contributed by atoms with E-state index in [0.717, 1.165) is 17.2 Å². The van der Waals surface area contributed by atoms with E-state index in [1.807, 2.05) is 13.0 Å². The number of amides is 1. The number of benzene rings is 1. The maximum absolute atomic E-state index is 13.2. The Morgan fingerprint density at radius 2 is 1.93 bits per heavy atom. The topological polar surface area (TPSA) is 94.5 Å². The SMILES string of the molecule is Cc1ccc(OCC(O)Cn2c(C(F)(F)F)ccc(C(N)=O)c2=O)c(C)c1. The van der Waals surface area contributed by atoms with Gasteiger partial charge in [-0.05, 0) is 37.6 Å². The molecular weight excluding hydrogens is 365 g/mol. The summed E-state index contributed by atoms with van der Waals surface area (Å²) in [5.74, 6) is -0.683. The van der Waals surface area contributed by atoms with E-state index < -0.39 is 41.5 Å². The van der Waals surface area contributed by atoms with Crippen LogP contribution in [0.4, 0.5) is 13.2 Å². The third-order valence-corrected chi connectivity index (χ3v) is 3.89. The summed E-state index contributed by atoms with van der Waals surface area (Å²) in [6, 6.07) is 6.63. The van der Waals surface area contributed by atoms with Crippen molar-refractivity contribution in [3.05, 3.63) is 63.1 Å². The number of halogens is 3. The van der Waals surface area contributed by atoms with Crippen LogP contribution in [0.1, 0.15) is 27.2 Å². The van der Waals surface area contributed by atoms with Crippen LogP contribution in [0.3, 0.4) is 0 Å².